The average molecular weight is 250 g/mol. The number of nitrogens with zero attached hydrogens (tertiary/aromatic N) is 1. The van der Waals surface area contributed by atoms with Crippen LogP contribution >= 0.6 is 11.3 Å². The van der Waals surface area contributed by atoms with Crippen molar-refractivity contribution in [2.45, 2.75) is 44.3 Å². The monoisotopic (exact) mass is 250 g/mol. The van der Waals surface area contributed by atoms with Gasteiger partial charge in [0.15, 0.2) is 0 Å². The molecule has 0 aromatic carbocycles. The van der Waals surface area contributed by atoms with Crippen LogP contribution in [-0.4, -0.2) is 30.6 Å². The lowest BCUT2D eigenvalue weighted by Crippen LogP contribution is -2.42. The summed E-state index contributed by atoms with van der Waals surface area (Å²) in [6, 6.07) is 3.97. The van der Waals surface area contributed by atoms with Gasteiger partial charge in [0.25, 0.3) is 0 Å². The van der Waals surface area contributed by atoms with E-state index in [2.05, 4.69) is 34.1 Å². The molecule has 0 saturated carbocycles. The standard InChI is InChI=1S/C14H22N2S/c1-16-13-2-3-14(16)7-12(6-13)9-15-8-11-4-5-17-10-11/h4-5,10,12-15H,2-3,6-9H2,1H3. The van der Waals surface area contributed by atoms with Gasteiger partial charge in [0.1, 0.15) is 0 Å². The Hall–Kier alpha value is -0.380. The third-order valence-electron chi connectivity index (χ3n) is 4.54. The normalized spacial score (nSPS) is 33.1. The fourth-order valence-electron chi connectivity index (χ4n) is 3.50. The van der Waals surface area contributed by atoms with Crippen LogP contribution in [0.25, 0.3) is 0 Å². The molecule has 17 heavy (non-hydrogen) atoms. The molecule has 1 aromatic rings. The summed E-state index contributed by atoms with van der Waals surface area (Å²) in [5.74, 6) is 0.905. The van der Waals surface area contributed by atoms with Crippen LogP contribution in [-0.2, 0) is 6.54 Å². The third kappa shape index (κ3) is 2.56. The zero-order chi connectivity index (χ0) is 11.7. The largest absolute Gasteiger partial charge is 0.312 e. The van der Waals surface area contributed by atoms with Crippen molar-refractivity contribution in [3.63, 3.8) is 0 Å². The van der Waals surface area contributed by atoms with Gasteiger partial charge in [-0.15, -0.1) is 0 Å². The molecule has 0 spiro atoms. The number of thiophene rings is 1. The Morgan fingerprint density at radius 2 is 2.12 bits per heavy atom. The average Bonchev–Trinajstić information content (AvgIpc) is 2.87. The Morgan fingerprint density at radius 1 is 1.35 bits per heavy atom. The highest BCUT2D eigenvalue weighted by molar-refractivity contribution is 7.07. The van der Waals surface area contributed by atoms with Crippen molar-refractivity contribution >= 4 is 11.3 Å². The van der Waals surface area contributed by atoms with E-state index in [9.17, 15) is 0 Å². The minimum atomic E-state index is 0.877. The number of nitrogens with one attached hydrogen (secondary N) is 1. The minimum absolute atomic E-state index is 0.877. The molecule has 2 aliphatic heterocycles. The van der Waals surface area contributed by atoms with Crippen molar-refractivity contribution in [2.75, 3.05) is 13.6 Å². The van der Waals surface area contributed by atoms with Gasteiger partial charge in [-0.1, -0.05) is 0 Å². The molecule has 0 amide bonds. The summed E-state index contributed by atoms with van der Waals surface area (Å²) in [7, 11) is 2.32. The summed E-state index contributed by atoms with van der Waals surface area (Å²) in [5.41, 5.74) is 1.44. The summed E-state index contributed by atoms with van der Waals surface area (Å²) in [4.78, 5) is 2.62. The molecule has 1 N–H and O–H groups in total. The van der Waals surface area contributed by atoms with Gasteiger partial charge >= 0.3 is 0 Å². The lowest BCUT2D eigenvalue weighted by Gasteiger charge is -2.36. The summed E-state index contributed by atoms with van der Waals surface area (Å²) in [6.45, 7) is 2.25. The van der Waals surface area contributed by atoms with Gasteiger partial charge in [-0.25, -0.2) is 0 Å². The number of rotatable bonds is 4. The fraction of sp³-hybridized carbons (Fsp3) is 0.714. The van der Waals surface area contributed by atoms with Crippen molar-refractivity contribution in [3.8, 4) is 0 Å². The smallest absolute Gasteiger partial charge is 0.0213 e. The van der Waals surface area contributed by atoms with Gasteiger partial charge < -0.3 is 10.2 Å². The molecular formula is C14H22N2S. The molecule has 2 fully saturated rings. The second-order valence-corrected chi connectivity index (χ2v) is 6.43. The molecule has 2 atom stereocenters. The molecular weight excluding hydrogens is 228 g/mol. The lowest BCUT2D eigenvalue weighted by atomic mass is 9.91. The molecule has 2 bridgehead atoms. The Labute approximate surface area is 108 Å². The maximum Gasteiger partial charge on any atom is 0.0213 e. The first-order chi connectivity index (χ1) is 8.33. The van der Waals surface area contributed by atoms with Crippen LogP contribution in [0.1, 0.15) is 31.2 Å². The summed E-state index contributed by atoms with van der Waals surface area (Å²) in [5, 5.41) is 8.03. The van der Waals surface area contributed by atoms with E-state index in [1.807, 2.05) is 0 Å². The molecule has 94 valence electrons. The number of hydrogen-bond acceptors (Lipinski definition) is 3. The van der Waals surface area contributed by atoms with Gasteiger partial charge in [-0.3, -0.25) is 0 Å². The van der Waals surface area contributed by atoms with Gasteiger partial charge in [0, 0.05) is 18.6 Å². The van der Waals surface area contributed by atoms with Crippen molar-refractivity contribution in [2.24, 2.45) is 5.92 Å². The zero-order valence-electron chi connectivity index (χ0n) is 10.6. The summed E-state index contributed by atoms with van der Waals surface area (Å²) >= 11 is 1.79. The van der Waals surface area contributed by atoms with Gasteiger partial charge in [-0.05, 0) is 67.6 Å². The Bertz CT molecular complexity index is 335. The van der Waals surface area contributed by atoms with Crippen molar-refractivity contribution in [1.82, 2.24) is 10.2 Å². The first kappa shape index (κ1) is 11.7. The van der Waals surface area contributed by atoms with Crippen molar-refractivity contribution < 1.29 is 0 Å². The number of hydrogen-bond donors (Lipinski definition) is 1. The summed E-state index contributed by atoms with van der Waals surface area (Å²) < 4.78 is 0. The lowest BCUT2D eigenvalue weighted by molar-refractivity contribution is 0.133. The Balaban J connectivity index is 1.44. The molecule has 0 aliphatic carbocycles. The van der Waals surface area contributed by atoms with Crippen LogP contribution in [0, 0.1) is 5.92 Å². The maximum atomic E-state index is 3.63. The van der Waals surface area contributed by atoms with Crippen molar-refractivity contribution in [3.05, 3.63) is 22.4 Å². The van der Waals surface area contributed by atoms with Crippen LogP contribution in [0.4, 0.5) is 0 Å². The first-order valence-electron chi connectivity index (χ1n) is 6.76. The van der Waals surface area contributed by atoms with Crippen LogP contribution < -0.4 is 5.32 Å². The van der Waals surface area contributed by atoms with E-state index >= 15 is 0 Å². The molecule has 2 nitrogen and oxygen atoms in total. The van der Waals surface area contributed by atoms with E-state index in [0.29, 0.717) is 0 Å². The number of fused-ring (bicyclic) bond motifs is 2. The van der Waals surface area contributed by atoms with E-state index < -0.39 is 0 Å². The minimum Gasteiger partial charge on any atom is -0.312 e. The molecule has 2 aliphatic rings. The zero-order valence-corrected chi connectivity index (χ0v) is 11.4. The molecule has 3 rings (SSSR count). The van der Waals surface area contributed by atoms with Crippen LogP contribution in [0.2, 0.25) is 0 Å². The molecule has 2 unspecified atom stereocenters. The number of piperidine rings is 1. The van der Waals surface area contributed by atoms with E-state index in [1.54, 1.807) is 11.3 Å². The van der Waals surface area contributed by atoms with Crippen LogP contribution in [0.3, 0.4) is 0 Å². The van der Waals surface area contributed by atoms with Crippen LogP contribution in [0.5, 0.6) is 0 Å². The fourth-order valence-corrected chi connectivity index (χ4v) is 4.17. The van der Waals surface area contributed by atoms with E-state index in [0.717, 1.165) is 24.5 Å². The Morgan fingerprint density at radius 3 is 2.76 bits per heavy atom. The second kappa shape index (κ2) is 5.09. The van der Waals surface area contributed by atoms with E-state index in [1.165, 1.54) is 37.8 Å². The predicted molar refractivity (Wildman–Crippen MR) is 73.3 cm³/mol. The topological polar surface area (TPSA) is 15.3 Å². The molecule has 2 saturated heterocycles. The quantitative estimate of drug-likeness (QED) is 0.884. The highest BCUT2D eigenvalue weighted by Crippen LogP contribution is 2.36. The third-order valence-corrected chi connectivity index (χ3v) is 5.27. The molecule has 0 radical (unpaired) electrons. The maximum absolute atomic E-state index is 3.63. The SMILES string of the molecule is CN1C2CCC1CC(CNCc1ccsc1)C2. The molecule has 1 aromatic heterocycles. The first-order valence-corrected chi connectivity index (χ1v) is 7.71. The summed E-state index contributed by atoms with van der Waals surface area (Å²) in [6.07, 6.45) is 5.68. The van der Waals surface area contributed by atoms with E-state index in [4.69, 9.17) is 0 Å². The molecule has 3 heterocycles. The highest BCUT2D eigenvalue weighted by atomic mass is 32.1. The van der Waals surface area contributed by atoms with Gasteiger partial charge in [-0.2, -0.15) is 11.3 Å². The van der Waals surface area contributed by atoms with Gasteiger partial charge in [0.2, 0.25) is 0 Å². The van der Waals surface area contributed by atoms with Crippen molar-refractivity contribution in [1.29, 1.82) is 0 Å². The van der Waals surface area contributed by atoms with Gasteiger partial charge in [0.05, 0.1) is 0 Å². The predicted octanol–water partition coefficient (Wildman–Crippen LogP) is 2.71. The Kier molecular flexibility index (Phi) is 3.50. The van der Waals surface area contributed by atoms with Crippen LogP contribution in [0.15, 0.2) is 16.8 Å². The van der Waals surface area contributed by atoms with E-state index in [-0.39, 0.29) is 0 Å². The highest BCUT2D eigenvalue weighted by Gasteiger charge is 2.37. The second-order valence-electron chi connectivity index (χ2n) is 5.65. The molecule has 3 heteroatoms.